The van der Waals surface area contributed by atoms with Gasteiger partial charge in [-0.15, -0.1) is 0 Å². The Balaban J connectivity index is 1.53. The van der Waals surface area contributed by atoms with Crippen molar-refractivity contribution >= 4 is 40.5 Å². The highest BCUT2D eigenvalue weighted by Gasteiger charge is 2.17. The van der Waals surface area contributed by atoms with E-state index in [1.165, 1.54) is 60.7 Å². The van der Waals surface area contributed by atoms with E-state index in [2.05, 4.69) is 20.3 Å². The number of nitrogens with one attached hydrogen (secondary N) is 2. The number of carbonyl (C=O) groups excluding carboxylic acids is 1. The number of nitro benzene ring substituents is 1. The number of nitrogens with zero attached hydrogens (tertiary/aromatic N) is 2. The Bertz CT molecular complexity index is 1430. The number of halogens is 4. The van der Waals surface area contributed by atoms with E-state index in [1.807, 2.05) is 0 Å². The minimum Gasteiger partial charge on any atom is -0.455 e. The number of hydrogen-bond donors (Lipinski definition) is 2. The van der Waals surface area contributed by atoms with Gasteiger partial charge in [0.15, 0.2) is 0 Å². The largest absolute Gasteiger partial charge is 0.455 e. The Hall–Kier alpha value is -4.22. The maximum absolute atomic E-state index is 12.7. The van der Waals surface area contributed by atoms with Crippen molar-refractivity contribution in [3.63, 3.8) is 0 Å². The van der Waals surface area contributed by atoms with Crippen LogP contribution in [0.15, 0.2) is 66.7 Å². The van der Waals surface area contributed by atoms with E-state index < -0.39 is 17.4 Å². The van der Waals surface area contributed by atoms with E-state index in [-0.39, 0.29) is 39.3 Å². The van der Waals surface area contributed by atoms with Gasteiger partial charge in [-0.2, -0.15) is 13.9 Å². The topological polar surface area (TPSA) is 119 Å². The fourth-order valence-corrected chi connectivity index (χ4v) is 3.54. The first kappa shape index (κ1) is 24.9. The van der Waals surface area contributed by atoms with Crippen molar-refractivity contribution in [2.45, 2.75) is 6.61 Å². The van der Waals surface area contributed by atoms with Gasteiger partial charge >= 0.3 is 6.61 Å². The van der Waals surface area contributed by atoms with Crippen molar-refractivity contribution in [1.82, 2.24) is 10.2 Å². The molecular weight excluding hydrogens is 521 g/mol. The number of aromatic nitrogens is 2. The summed E-state index contributed by atoms with van der Waals surface area (Å²) in [5.41, 5.74) is 0.706. The van der Waals surface area contributed by atoms with E-state index in [1.54, 1.807) is 0 Å². The molecule has 13 heteroatoms. The average Bonchev–Trinajstić information content (AvgIpc) is 3.31. The van der Waals surface area contributed by atoms with Crippen LogP contribution in [-0.4, -0.2) is 27.6 Å². The second-order valence-electron chi connectivity index (χ2n) is 7.17. The summed E-state index contributed by atoms with van der Waals surface area (Å²) in [7, 11) is 0. The zero-order chi connectivity index (χ0) is 25.8. The van der Waals surface area contributed by atoms with Gasteiger partial charge in [0.1, 0.15) is 22.9 Å². The second kappa shape index (κ2) is 10.6. The minimum absolute atomic E-state index is 0.0224. The van der Waals surface area contributed by atoms with Crippen molar-refractivity contribution in [2.24, 2.45) is 0 Å². The molecule has 1 heterocycles. The lowest BCUT2D eigenvalue weighted by molar-refractivity contribution is -0.384. The van der Waals surface area contributed by atoms with Gasteiger partial charge in [-0.3, -0.25) is 20.0 Å². The molecule has 0 aliphatic heterocycles. The van der Waals surface area contributed by atoms with Crippen LogP contribution in [0.5, 0.6) is 17.2 Å². The van der Waals surface area contributed by atoms with Crippen LogP contribution in [0, 0.1) is 10.1 Å². The summed E-state index contributed by atoms with van der Waals surface area (Å²) in [6, 6.07) is 15.3. The van der Waals surface area contributed by atoms with Crippen LogP contribution in [0.25, 0.3) is 11.3 Å². The quantitative estimate of drug-likeness (QED) is 0.186. The Kier molecular flexibility index (Phi) is 7.32. The lowest BCUT2D eigenvalue weighted by atomic mass is 10.1. The third kappa shape index (κ3) is 6.06. The SMILES string of the molecule is O=C(Nc1cc(Oc2ccc(Cl)cc2Cl)cc([N+](=O)[O-])c1)c1cc(-c2ccc(OC(F)F)cc2)n[nH]1. The van der Waals surface area contributed by atoms with Crippen LogP contribution in [0.3, 0.4) is 0 Å². The molecular formula is C23H14Cl2F2N4O5. The fraction of sp³-hybridized carbons (Fsp3) is 0.0435. The zero-order valence-corrected chi connectivity index (χ0v) is 19.4. The van der Waals surface area contributed by atoms with Crippen LogP contribution < -0.4 is 14.8 Å². The molecule has 36 heavy (non-hydrogen) atoms. The summed E-state index contributed by atoms with van der Waals surface area (Å²) in [6.07, 6.45) is 0. The van der Waals surface area contributed by atoms with Gasteiger partial charge in [0.2, 0.25) is 0 Å². The molecule has 0 atom stereocenters. The molecule has 0 bridgehead atoms. The number of benzene rings is 3. The van der Waals surface area contributed by atoms with Crippen molar-refractivity contribution in [3.8, 4) is 28.5 Å². The molecule has 0 fully saturated rings. The zero-order valence-electron chi connectivity index (χ0n) is 17.9. The van der Waals surface area contributed by atoms with Crippen molar-refractivity contribution < 1.29 is 28.0 Å². The van der Waals surface area contributed by atoms with E-state index in [9.17, 15) is 23.7 Å². The summed E-state index contributed by atoms with van der Waals surface area (Å²) < 4.78 is 34.6. The Morgan fingerprint density at radius 3 is 2.44 bits per heavy atom. The Morgan fingerprint density at radius 1 is 1.03 bits per heavy atom. The molecule has 4 rings (SSSR count). The summed E-state index contributed by atoms with van der Waals surface area (Å²) >= 11 is 12.0. The molecule has 4 aromatic rings. The highest BCUT2D eigenvalue weighted by Crippen LogP contribution is 2.35. The third-order valence-corrected chi connectivity index (χ3v) is 5.21. The Labute approximate surface area is 211 Å². The predicted octanol–water partition coefficient (Wildman–Crippen LogP) is 6.94. The fourth-order valence-electron chi connectivity index (χ4n) is 3.10. The number of ether oxygens (including phenoxy) is 2. The van der Waals surface area contributed by atoms with Gasteiger partial charge in [0, 0.05) is 22.7 Å². The molecule has 0 aliphatic carbocycles. The van der Waals surface area contributed by atoms with Crippen LogP contribution in [-0.2, 0) is 0 Å². The third-order valence-electron chi connectivity index (χ3n) is 4.68. The molecule has 3 aromatic carbocycles. The number of rotatable bonds is 8. The van der Waals surface area contributed by atoms with E-state index in [0.29, 0.717) is 16.3 Å². The molecule has 0 spiro atoms. The molecule has 2 N–H and O–H groups in total. The molecule has 184 valence electrons. The minimum atomic E-state index is -2.94. The smallest absolute Gasteiger partial charge is 0.387 e. The maximum atomic E-state index is 12.7. The highest BCUT2D eigenvalue weighted by molar-refractivity contribution is 6.35. The number of H-pyrrole nitrogens is 1. The predicted molar refractivity (Wildman–Crippen MR) is 128 cm³/mol. The van der Waals surface area contributed by atoms with Gasteiger partial charge < -0.3 is 14.8 Å². The van der Waals surface area contributed by atoms with E-state index in [0.717, 1.165) is 6.07 Å². The van der Waals surface area contributed by atoms with Gasteiger partial charge in [-0.25, -0.2) is 0 Å². The second-order valence-corrected chi connectivity index (χ2v) is 8.02. The number of carbonyl (C=O) groups is 1. The van der Waals surface area contributed by atoms with E-state index in [4.69, 9.17) is 27.9 Å². The molecule has 1 aromatic heterocycles. The standard InChI is InChI=1S/C23H14Cl2F2N4O5/c24-13-3-6-21(18(25)7-13)35-17-9-14(8-15(10-17)31(33)34)28-22(32)20-11-19(29-30-20)12-1-4-16(5-2-12)36-23(26)27/h1-11,23H,(H,28,32)(H,29,30). The van der Waals surface area contributed by atoms with Crippen LogP contribution >= 0.6 is 23.2 Å². The van der Waals surface area contributed by atoms with Gasteiger partial charge in [-0.05, 0) is 48.5 Å². The molecule has 0 unspecified atom stereocenters. The van der Waals surface area contributed by atoms with Crippen molar-refractivity contribution in [2.75, 3.05) is 5.32 Å². The molecule has 0 radical (unpaired) electrons. The van der Waals surface area contributed by atoms with Crippen LogP contribution in [0.2, 0.25) is 10.0 Å². The lowest BCUT2D eigenvalue weighted by Crippen LogP contribution is -2.12. The average molecular weight is 535 g/mol. The summed E-state index contributed by atoms with van der Waals surface area (Å²) in [4.78, 5) is 23.5. The lowest BCUT2D eigenvalue weighted by Gasteiger charge is -2.10. The monoisotopic (exact) mass is 534 g/mol. The molecule has 9 nitrogen and oxygen atoms in total. The summed E-state index contributed by atoms with van der Waals surface area (Å²) in [5.74, 6) is -0.393. The van der Waals surface area contributed by atoms with Crippen LogP contribution in [0.1, 0.15) is 10.5 Å². The molecule has 1 amide bonds. The highest BCUT2D eigenvalue weighted by atomic mass is 35.5. The molecule has 0 saturated carbocycles. The Morgan fingerprint density at radius 2 is 1.78 bits per heavy atom. The number of aromatic amines is 1. The number of amides is 1. The van der Waals surface area contributed by atoms with Gasteiger partial charge in [0.25, 0.3) is 11.6 Å². The molecule has 0 saturated heterocycles. The number of hydrogen-bond acceptors (Lipinski definition) is 6. The van der Waals surface area contributed by atoms with E-state index >= 15 is 0 Å². The van der Waals surface area contributed by atoms with Crippen molar-refractivity contribution in [3.05, 3.63) is 92.6 Å². The number of anilines is 1. The number of nitro groups is 1. The number of non-ortho nitro benzene ring substituents is 1. The van der Waals surface area contributed by atoms with Crippen molar-refractivity contribution in [1.29, 1.82) is 0 Å². The van der Waals surface area contributed by atoms with Gasteiger partial charge in [0.05, 0.1) is 27.4 Å². The first-order chi connectivity index (χ1) is 17.2. The maximum Gasteiger partial charge on any atom is 0.387 e. The number of alkyl halides is 2. The summed E-state index contributed by atoms with van der Waals surface area (Å²) in [6.45, 7) is -2.94. The first-order valence-corrected chi connectivity index (χ1v) is 10.8. The molecule has 0 aliphatic rings. The van der Waals surface area contributed by atoms with Gasteiger partial charge in [-0.1, -0.05) is 23.2 Å². The first-order valence-electron chi connectivity index (χ1n) is 10.0. The summed E-state index contributed by atoms with van der Waals surface area (Å²) in [5, 5.41) is 21.1. The van der Waals surface area contributed by atoms with Crippen LogP contribution in [0.4, 0.5) is 20.2 Å². The normalized spacial score (nSPS) is 10.8.